The van der Waals surface area contributed by atoms with E-state index in [1.165, 1.54) is 5.56 Å². The minimum absolute atomic E-state index is 0.173. The smallest absolute Gasteiger partial charge is 0.271 e. The molecule has 1 heterocycles. The Morgan fingerprint density at radius 2 is 2.05 bits per heavy atom. The fraction of sp³-hybridized carbons (Fsp3) is 0.333. The fourth-order valence-corrected chi connectivity index (χ4v) is 2.28. The quantitative estimate of drug-likeness (QED) is 0.921. The van der Waals surface area contributed by atoms with Gasteiger partial charge in [0.15, 0.2) is 0 Å². The third kappa shape index (κ3) is 3.20. The minimum atomic E-state index is -0.173. The SMILES string of the molecule is CCn1nc(C)c(Cl)c1C(=O)NCCc1ccccc1. The van der Waals surface area contributed by atoms with E-state index in [0.29, 0.717) is 29.5 Å². The lowest BCUT2D eigenvalue weighted by molar-refractivity contribution is 0.0943. The van der Waals surface area contributed by atoms with Crippen molar-refractivity contribution in [1.82, 2.24) is 15.1 Å². The topological polar surface area (TPSA) is 46.9 Å². The van der Waals surface area contributed by atoms with Crippen molar-refractivity contribution in [3.8, 4) is 0 Å². The first-order valence-electron chi connectivity index (χ1n) is 6.68. The summed E-state index contributed by atoms with van der Waals surface area (Å²) in [4.78, 5) is 12.2. The van der Waals surface area contributed by atoms with Crippen LogP contribution in [0.1, 0.15) is 28.7 Å². The second-order valence-corrected chi connectivity index (χ2v) is 4.93. The predicted octanol–water partition coefficient (Wildman–Crippen LogP) is 2.84. The monoisotopic (exact) mass is 291 g/mol. The number of rotatable bonds is 5. The van der Waals surface area contributed by atoms with Crippen molar-refractivity contribution >= 4 is 17.5 Å². The van der Waals surface area contributed by atoms with Crippen LogP contribution in [0.4, 0.5) is 0 Å². The molecule has 2 aromatic rings. The van der Waals surface area contributed by atoms with Crippen LogP contribution in [0.3, 0.4) is 0 Å². The van der Waals surface area contributed by atoms with Gasteiger partial charge >= 0.3 is 0 Å². The summed E-state index contributed by atoms with van der Waals surface area (Å²) in [5.41, 5.74) is 2.32. The molecule has 0 unspecified atom stereocenters. The Kier molecular flexibility index (Phi) is 4.79. The van der Waals surface area contributed by atoms with Gasteiger partial charge in [0.2, 0.25) is 0 Å². The Morgan fingerprint density at radius 1 is 1.35 bits per heavy atom. The first kappa shape index (κ1) is 14.6. The Balaban J connectivity index is 1.99. The summed E-state index contributed by atoms with van der Waals surface area (Å²) >= 11 is 6.14. The summed E-state index contributed by atoms with van der Waals surface area (Å²) < 4.78 is 1.63. The molecule has 0 aliphatic carbocycles. The van der Waals surface area contributed by atoms with Gasteiger partial charge in [-0.15, -0.1) is 0 Å². The van der Waals surface area contributed by atoms with Crippen molar-refractivity contribution in [2.24, 2.45) is 0 Å². The van der Waals surface area contributed by atoms with Crippen molar-refractivity contribution in [3.63, 3.8) is 0 Å². The first-order chi connectivity index (χ1) is 9.63. The lowest BCUT2D eigenvalue weighted by Crippen LogP contribution is -2.28. The Hall–Kier alpha value is -1.81. The number of carbonyl (C=O) groups excluding carboxylic acids is 1. The van der Waals surface area contributed by atoms with Crippen molar-refractivity contribution in [2.45, 2.75) is 26.8 Å². The molecular weight excluding hydrogens is 274 g/mol. The number of nitrogens with one attached hydrogen (secondary N) is 1. The van der Waals surface area contributed by atoms with Gasteiger partial charge in [-0.05, 0) is 25.8 Å². The van der Waals surface area contributed by atoms with E-state index in [9.17, 15) is 4.79 Å². The van der Waals surface area contributed by atoms with Crippen molar-refractivity contribution < 1.29 is 4.79 Å². The van der Waals surface area contributed by atoms with E-state index in [0.717, 1.165) is 6.42 Å². The molecule has 1 N–H and O–H groups in total. The maximum atomic E-state index is 12.2. The van der Waals surface area contributed by atoms with E-state index < -0.39 is 0 Å². The maximum absolute atomic E-state index is 12.2. The molecule has 1 amide bonds. The molecule has 0 aliphatic rings. The summed E-state index contributed by atoms with van der Waals surface area (Å²) in [6, 6.07) is 10.0. The molecule has 0 aliphatic heterocycles. The highest BCUT2D eigenvalue weighted by atomic mass is 35.5. The number of halogens is 1. The van der Waals surface area contributed by atoms with Crippen LogP contribution in [0.2, 0.25) is 5.02 Å². The molecule has 2 rings (SSSR count). The van der Waals surface area contributed by atoms with Crippen molar-refractivity contribution in [1.29, 1.82) is 0 Å². The van der Waals surface area contributed by atoms with E-state index in [1.54, 1.807) is 11.6 Å². The summed E-state index contributed by atoms with van der Waals surface area (Å²) in [5, 5.41) is 7.57. The number of aromatic nitrogens is 2. The predicted molar refractivity (Wildman–Crippen MR) is 80.1 cm³/mol. The molecule has 1 aromatic carbocycles. The van der Waals surface area contributed by atoms with E-state index in [1.807, 2.05) is 37.3 Å². The lowest BCUT2D eigenvalue weighted by Gasteiger charge is -2.07. The molecule has 1 aromatic heterocycles. The summed E-state index contributed by atoms with van der Waals surface area (Å²) in [6.45, 7) is 4.93. The standard InChI is InChI=1S/C15H18ClN3O/c1-3-19-14(13(16)11(2)18-19)15(20)17-10-9-12-7-5-4-6-8-12/h4-8H,3,9-10H2,1-2H3,(H,17,20). The fourth-order valence-electron chi connectivity index (χ4n) is 2.05. The van der Waals surface area contributed by atoms with Gasteiger partial charge in [0.25, 0.3) is 5.91 Å². The Labute approximate surface area is 123 Å². The van der Waals surface area contributed by atoms with Gasteiger partial charge in [0, 0.05) is 13.1 Å². The molecule has 106 valence electrons. The third-order valence-corrected chi connectivity index (χ3v) is 3.56. The van der Waals surface area contributed by atoms with Crippen LogP contribution in [-0.4, -0.2) is 22.2 Å². The van der Waals surface area contributed by atoms with Crippen LogP contribution in [0.5, 0.6) is 0 Å². The number of carbonyl (C=O) groups is 1. The van der Waals surface area contributed by atoms with Gasteiger partial charge in [-0.25, -0.2) is 0 Å². The Morgan fingerprint density at radius 3 is 2.70 bits per heavy atom. The highest BCUT2D eigenvalue weighted by Gasteiger charge is 2.19. The van der Waals surface area contributed by atoms with Crippen LogP contribution in [0.25, 0.3) is 0 Å². The van der Waals surface area contributed by atoms with Gasteiger partial charge in [0.05, 0.1) is 10.7 Å². The normalized spacial score (nSPS) is 10.6. The highest BCUT2D eigenvalue weighted by molar-refractivity contribution is 6.34. The molecule has 0 atom stereocenters. The van der Waals surface area contributed by atoms with Crippen LogP contribution in [-0.2, 0) is 13.0 Å². The average Bonchev–Trinajstić information content (AvgIpc) is 2.75. The molecule has 0 spiro atoms. The average molecular weight is 292 g/mol. The molecule has 0 radical (unpaired) electrons. The number of hydrogen-bond donors (Lipinski definition) is 1. The summed E-state index contributed by atoms with van der Waals surface area (Å²) in [7, 11) is 0. The largest absolute Gasteiger partial charge is 0.350 e. The zero-order valence-electron chi connectivity index (χ0n) is 11.7. The molecular formula is C15H18ClN3O. The van der Waals surface area contributed by atoms with E-state index >= 15 is 0 Å². The molecule has 4 nitrogen and oxygen atoms in total. The number of hydrogen-bond acceptors (Lipinski definition) is 2. The molecule has 0 fully saturated rings. The molecule has 0 bridgehead atoms. The number of amides is 1. The van der Waals surface area contributed by atoms with E-state index in [-0.39, 0.29) is 5.91 Å². The lowest BCUT2D eigenvalue weighted by atomic mass is 10.1. The van der Waals surface area contributed by atoms with Crippen LogP contribution < -0.4 is 5.32 Å². The summed E-state index contributed by atoms with van der Waals surface area (Å²) in [5.74, 6) is -0.173. The second-order valence-electron chi connectivity index (χ2n) is 4.56. The van der Waals surface area contributed by atoms with Gasteiger partial charge in [-0.3, -0.25) is 9.48 Å². The van der Waals surface area contributed by atoms with Crippen LogP contribution >= 0.6 is 11.6 Å². The first-order valence-corrected chi connectivity index (χ1v) is 7.06. The van der Waals surface area contributed by atoms with Crippen LogP contribution in [0, 0.1) is 6.92 Å². The number of benzene rings is 1. The molecule has 20 heavy (non-hydrogen) atoms. The van der Waals surface area contributed by atoms with Crippen molar-refractivity contribution in [2.75, 3.05) is 6.54 Å². The molecule has 0 saturated heterocycles. The van der Waals surface area contributed by atoms with E-state index in [4.69, 9.17) is 11.6 Å². The minimum Gasteiger partial charge on any atom is -0.350 e. The number of aryl methyl sites for hydroxylation is 2. The molecule has 0 saturated carbocycles. The number of nitrogens with zero attached hydrogens (tertiary/aromatic N) is 2. The van der Waals surface area contributed by atoms with Crippen LogP contribution in [0.15, 0.2) is 30.3 Å². The zero-order valence-corrected chi connectivity index (χ0v) is 12.4. The van der Waals surface area contributed by atoms with Crippen molar-refractivity contribution in [3.05, 3.63) is 52.3 Å². The Bertz CT molecular complexity index is 593. The van der Waals surface area contributed by atoms with Gasteiger partial charge in [-0.2, -0.15) is 5.10 Å². The maximum Gasteiger partial charge on any atom is 0.271 e. The molecule has 5 heteroatoms. The van der Waals surface area contributed by atoms with Gasteiger partial charge in [-0.1, -0.05) is 41.9 Å². The summed E-state index contributed by atoms with van der Waals surface area (Å²) in [6.07, 6.45) is 0.795. The zero-order chi connectivity index (χ0) is 14.5. The van der Waals surface area contributed by atoms with Gasteiger partial charge in [0.1, 0.15) is 5.69 Å². The highest BCUT2D eigenvalue weighted by Crippen LogP contribution is 2.19. The van der Waals surface area contributed by atoms with Gasteiger partial charge < -0.3 is 5.32 Å². The third-order valence-electron chi connectivity index (χ3n) is 3.11. The van der Waals surface area contributed by atoms with E-state index in [2.05, 4.69) is 10.4 Å². The second kappa shape index (κ2) is 6.57.